The van der Waals surface area contributed by atoms with Crippen LogP contribution in [0.2, 0.25) is 0 Å². The van der Waals surface area contributed by atoms with Gasteiger partial charge in [0.1, 0.15) is 17.9 Å². The van der Waals surface area contributed by atoms with Crippen molar-refractivity contribution in [2.24, 2.45) is 0 Å². The van der Waals surface area contributed by atoms with Crippen molar-refractivity contribution in [1.29, 1.82) is 0 Å². The number of aromatic amines is 1. The Balaban J connectivity index is 1.48. The van der Waals surface area contributed by atoms with E-state index in [1.165, 1.54) is 0 Å². The van der Waals surface area contributed by atoms with Crippen molar-refractivity contribution in [2.75, 3.05) is 13.2 Å². The molecule has 178 valence electrons. The van der Waals surface area contributed by atoms with Crippen LogP contribution in [0.15, 0.2) is 76.4 Å². The molecule has 0 aliphatic carbocycles. The van der Waals surface area contributed by atoms with E-state index < -0.39 is 42.2 Å². The summed E-state index contributed by atoms with van der Waals surface area (Å²) in [5.74, 6) is -0.564. The molecule has 0 unspecified atom stereocenters. The van der Waals surface area contributed by atoms with Crippen molar-refractivity contribution in [2.45, 2.75) is 37.2 Å². The number of carbonyl (C=O) groups is 1. The minimum Gasteiger partial charge on any atom is -0.394 e. The molecule has 4 rings (SSSR count). The van der Waals surface area contributed by atoms with E-state index in [0.717, 1.165) is 21.9 Å². The number of nitrogens with zero attached hydrogens (tertiary/aromatic N) is 1. The zero-order valence-electron chi connectivity index (χ0n) is 18.5. The maximum atomic E-state index is 12.8. The maximum absolute atomic E-state index is 12.8. The van der Waals surface area contributed by atoms with Gasteiger partial charge >= 0.3 is 5.69 Å². The molecular formula is C25H27N3O6. The Labute approximate surface area is 195 Å². The number of hydrogen-bond acceptors (Lipinski definition) is 6. The Morgan fingerprint density at radius 3 is 2.26 bits per heavy atom. The zero-order chi connectivity index (χ0) is 24.1. The fraction of sp³-hybridized carbons (Fsp3) is 0.320. The first-order valence-electron chi connectivity index (χ1n) is 11.2. The second-order valence-electron chi connectivity index (χ2n) is 8.24. The molecule has 9 heteroatoms. The summed E-state index contributed by atoms with van der Waals surface area (Å²) in [5.41, 5.74) is 0.430. The van der Waals surface area contributed by atoms with Crippen LogP contribution in [0.3, 0.4) is 0 Å². The fourth-order valence-electron chi connectivity index (χ4n) is 4.23. The average Bonchev–Trinajstić information content (AvgIpc) is 3.23. The molecule has 0 saturated carbocycles. The van der Waals surface area contributed by atoms with Gasteiger partial charge in [-0.3, -0.25) is 19.1 Å². The van der Waals surface area contributed by atoms with E-state index in [1.54, 1.807) is 0 Å². The number of rotatable bonds is 8. The number of aliphatic hydroxyl groups is 2. The second kappa shape index (κ2) is 10.6. The second-order valence-corrected chi connectivity index (χ2v) is 8.24. The van der Waals surface area contributed by atoms with E-state index in [2.05, 4.69) is 10.3 Å². The molecule has 9 nitrogen and oxygen atoms in total. The maximum Gasteiger partial charge on any atom is 0.330 e. The number of ether oxygens (including phenoxy) is 1. The minimum atomic E-state index is -0.959. The van der Waals surface area contributed by atoms with Crippen molar-refractivity contribution in [1.82, 2.24) is 14.9 Å². The Morgan fingerprint density at radius 2 is 1.71 bits per heavy atom. The molecule has 1 aliphatic heterocycles. The molecule has 3 aromatic rings. The number of hydrogen-bond donors (Lipinski definition) is 4. The summed E-state index contributed by atoms with van der Waals surface area (Å²) in [6, 6.07) is 19.9. The van der Waals surface area contributed by atoms with Crippen LogP contribution in [0.25, 0.3) is 0 Å². The van der Waals surface area contributed by atoms with Crippen LogP contribution in [0.1, 0.15) is 46.5 Å². The normalized spacial score (nSPS) is 19.9. The molecule has 1 aliphatic rings. The smallest absolute Gasteiger partial charge is 0.330 e. The Hall–Kier alpha value is -3.53. The molecule has 2 aromatic carbocycles. The van der Waals surface area contributed by atoms with Gasteiger partial charge < -0.3 is 20.3 Å². The summed E-state index contributed by atoms with van der Waals surface area (Å²) >= 11 is 0. The lowest BCUT2D eigenvalue weighted by Gasteiger charge is -2.19. The molecule has 1 aromatic heterocycles. The number of aliphatic hydroxyl groups excluding tert-OH is 2. The highest BCUT2D eigenvalue weighted by atomic mass is 16.5. The predicted octanol–water partition coefficient (Wildman–Crippen LogP) is 1.13. The van der Waals surface area contributed by atoms with Crippen LogP contribution in [-0.2, 0) is 4.74 Å². The van der Waals surface area contributed by atoms with Gasteiger partial charge in [-0.25, -0.2) is 4.79 Å². The van der Waals surface area contributed by atoms with Gasteiger partial charge in [0.05, 0.1) is 12.7 Å². The van der Waals surface area contributed by atoms with E-state index in [4.69, 9.17) is 4.74 Å². The van der Waals surface area contributed by atoms with Gasteiger partial charge in [-0.2, -0.15) is 0 Å². The minimum absolute atomic E-state index is 0.0497. The topological polar surface area (TPSA) is 134 Å². The van der Waals surface area contributed by atoms with Crippen molar-refractivity contribution < 1.29 is 19.7 Å². The molecule has 1 saturated heterocycles. The van der Waals surface area contributed by atoms with Gasteiger partial charge in [0, 0.05) is 25.1 Å². The molecule has 0 radical (unpaired) electrons. The first-order valence-corrected chi connectivity index (χ1v) is 11.2. The number of aromatic nitrogens is 2. The Bertz CT molecular complexity index is 1190. The highest BCUT2D eigenvalue weighted by Crippen LogP contribution is 2.28. The first-order chi connectivity index (χ1) is 16.5. The van der Waals surface area contributed by atoms with Crippen LogP contribution in [-0.4, -0.2) is 51.0 Å². The van der Waals surface area contributed by atoms with Crippen LogP contribution in [0.5, 0.6) is 0 Å². The third-order valence-corrected chi connectivity index (χ3v) is 6.03. The van der Waals surface area contributed by atoms with Crippen molar-refractivity contribution in [3.05, 3.63) is 104 Å². The van der Waals surface area contributed by atoms with E-state index in [0.29, 0.717) is 13.0 Å². The molecule has 0 spiro atoms. The Morgan fingerprint density at radius 1 is 1.09 bits per heavy atom. The van der Waals surface area contributed by atoms with Crippen molar-refractivity contribution >= 4 is 5.91 Å². The summed E-state index contributed by atoms with van der Waals surface area (Å²) in [6.07, 6.45) is -0.905. The quantitative estimate of drug-likeness (QED) is 0.394. The summed E-state index contributed by atoms with van der Waals surface area (Å²) in [4.78, 5) is 39.5. The monoisotopic (exact) mass is 465 g/mol. The summed E-state index contributed by atoms with van der Waals surface area (Å²) in [7, 11) is 0. The van der Waals surface area contributed by atoms with E-state index in [-0.39, 0.29) is 17.9 Å². The van der Waals surface area contributed by atoms with Crippen LogP contribution in [0.4, 0.5) is 0 Å². The largest absolute Gasteiger partial charge is 0.394 e. The van der Waals surface area contributed by atoms with E-state index >= 15 is 0 Å². The predicted molar refractivity (Wildman–Crippen MR) is 125 cm³/mol. The molecule has 4 N–H and O–H groups in total. The summed E-state index contributed by atoms with van der Waals surface area (Å²) < 4.78 is 6.55. The van der Waals surface area contributed by atoms with Crippen LogP contribution >= 0.6 is 0 Å². The number of amides is 1. The van der Waals surface area contributed by atoms with Crippen molar-refractivity contribution in [3.63, 3.8) is 0 Å². The third-order valence-electron chi connectivity index (χ3n) is 6.03. The lowest BCUT2D eigenvalue weighted by atomic mass is 9.88. The lowest BCUT2D eigenvalue weighted by molar-refractivity contribution is -0.0459. The lowest BCUT2D eigenvalue weighted by Crippen LogP contribution is -2.38. The van der Waals surface area contributed by atoms with E-state index in [9.17, 15) is 24.6 Å². The number of H-pyrrole nitrogens is 1. The summed E-state index contributed by atoms with van der Waals surface area (Å²) in [6.45, 7) is -0.107. The molecule has 1 amide bonds. The molecule has 2 heterocycles. The first kappa shape index (κ1) is 23.6. The molecular weight excluding hydrogens is 438 g/mol. The fourth-order valence-corrected chi connectivity index (χ4v) is 4.23. The average molecular weight is 466 g/mol. The SMILES string of the molecule is O=C(NCCC(c1ccccc1)c1ccccc1)c1cn([C@H]2C[C@H](O)[C@@H](CO)O2)c(=O)[nH]c1=O. The zero-order valence-corrected chi connectivity index (χ0v) is 18.5. The molecule has 34 heavy (non-hydrogen) atoms. The van der Waals surface area contributed by atoms with Gasteiger partial charge in [-0.15, -0.1) is 0 Å². The number of nitrogens with one attached hydrogen (secondary N) is 2. The highest BCUT2D eigenvalue weighted by molar-refractivity contribution is 5.93. The van der Waals surface area contributed by atoms with Gasteiger partial charge in [0.2, 0.25) is 0 Å². The number of carbonyl (C=O) groups excluding carboxylic acids is 1. The van der Waals surface area contributed by atoms with E-state index in [1.807, 2.05) is 60.7 Å². The molecule has 3 atom stereocenters. The van der Waals surface area contributed by atoms with Crippen LogP contribution < -0.4 is 16.6 Å². The van der Waals surface area contributed by atoms with Gasteiger partial charge in [0.25, 0.3) is 11.5 Å². The van der Waals surface area contributed by atoms with Crippen molar-refractivity contribution in [3.8, 4) is 0 Å². The van der Waals surface area contributed by atoms with Gasteiger partial charge in [-0.1, -0.05) is 60.7 Å². The van der Waals surface area contributed by atoms with Gasteiger partial charge in [-0.05, 0) is 17.5 Å². The standard InChI is InChI=1S/C25H27N3O6/c29-15-21-20(30)13-22(34-21)28-14-19(24(32)27-25(28)33)23(31)26-12-11-18(16-7-3-1-4-8-16)17-9-5-2-6-10-17/h1-10,14,18,20-22,29-30H,11-13,15H2,(H,26,31)(H,27,32,33)/t20-,21+,22+/m0/s1. The molecule has 0 bridgehead atoms. The van der Waals surface area contributed by atoms with Gasteiger partial charge in [0.15, 0.2) is 0 Å². The number of benzene rings is 2. The highest BCUT2D eigenvalue weighted by Gasteiger charge is 2.35. The third kappa shape index (κ3) is 5.17. The molecule has 1 fully saturated rings. The van der Waals surface area contributed by atoms with Crippen LogP contribution in [0, 0.1) is 0 Å². The summed E-state index contributed by atoms with van der Waals surface area (Å²) in [5, 5.41) is 22.0. The Kier molecular flexibility index (Phi) is 7.36.